The Morgan fingerprint density at radius 2 is 1.90 bits per heavy atom. The number of ether oxygens (including phenoxy) is 1. The number of aromatic nitrogens is 2. The van der Waals surface area contributed by atoms with Crippen molar-refractivity contribution >= 4 is 46.2 Å². The number of pyridine rings is 2. The fraction of sp³-hybridized carbons (Fsp3) is 0.150. The van der Waals surface area contributed by atoms with Gasteiger partial charge in [-0.25, -0.2) is 9.97 Å². The van der Waals surface area contributed by atoms with Gasteiger partial charge in [0.25, 0.3) is 5.91 Å². The third kappa shape index (κ3) is 3.38. The normalized spacial score (nSPS) is 15.3. The maximum Gasteiger partial charge on any atom is 0.325 e. The summed E-state index contributed by atoms with van der Waals surface area (Å²) in [6, 6.07) is 12.6. The number of anilines is 1. The maximum atomic E-state index is 13.1. The van der Waals surface area contributed by atoms with E-state index in [1.165, 1.54) is 12.0 Å². The van der Waals surface area contributed by atoms with Gasteiger partial charge in [0.05, 0.1) is 7.11 Å². The third-order valence-electron chi connectivity index (χ3n) is 4.60. The van der Waals surface area contributed by atoms with Crippen LogP contribution in [0.15, 0.2) is 48.5 Å². The molecule has 1 N–H and O–H groups in total. The van der Waals surface area contributed by atoms with Gasteiger partial charge in [-0.15, -0.1) is 0 Å². The number of esters is 1. The van der Waals surface area contributed by atoms with Crippen LogP contribution in [0.25, 0.3) is 11.0 Å². The lowest BCUT2D eigenvalue weighted by atomic mass is 10.0. The molecule has 29 heavy (non-hydrogen) atoms. The van der Waals surface area contributed by atoms with Gasteiger partial charge in [-0.1, -0.05) is 29.8 Å². The molecule has 8 nitrogen and oxygen atoms in total. The first-order chi connectivity index (χ1) is 14.0. The Labute approximate surface area is 170 Å². The summed E-state index contributed by atoms with van der Waals surface area (Å²) in [7, 11) is 1.23. The number of hydrogen-bond acceptors (Lipinski definition) is 6. The molecule has 2 aromatic heterocycles. The minimum atomic E-state index is -0.979. The summed E-state index contributed by atoms with van der Waals surface area (Å²) in [4.78, 5) is 47.3. The molecule has 0 saturated carbocycles. The molecule has 0 bridgehead atoms. The molecule has 146 valence electrons. The zero-order valence-corrected chi connectivity index (χ0v) is 16.0. The molecule has 2 amide bonds. The van der Waals surface area contributed by atoms with E-state index in [1.807, 2.05) is 0 Å². The third-order valence-corrected chi connectivity index (χ3v) is 4.81. The van der Waals surface area contributed by atoms with E-state index in [2.05, 4.69) is 20.0 Å². The standard InChI is InChI=1S/C20H15ClN4O4/c1-29-16(26)10-22-19(27)17-12-4-2-3-5-13(12)20(28)25(17)15-9-7-11-6-8-14(21)23-18(11)24-15/h2-9,17H,10H2,1H3,(H,22,27). The molecule has 0 aliphatic carbocycles. The van der Waals surface area contributed by atoms with E-state index in [4.69, 9.17) is 11.6 Å². The Morgan fingerprint density at radius 3 is 2.69 bits per heavy atom. The number of hydrogen-bond donors (Lipinski definition) is 1. The van der Waals surface area contributed by atoms with Crippen molar-refractivity contribution in [3.05, 3.63) is 64.8 Å². The Balaban J connectivity index is 1.77. The molecule has 1 atom stereocenters. The second-order valence-electron chi connectivity index (χ2n) is 6.31. The first-order valence-corrected chi connectivity index (χ1v) is 9.07. The lowest BCUT2D eigenvalue weighted by Crippen LogP contribution is -2.41. The highest BCUT2D eigenvalue weighted by Gasteiger charge is 2.42. The predicted octanol–water partition coefficient (Wildman–Crippen LogP) is 2.27. The monoisotopic (exact) mass is 410 g/mol. The van der Waals surface area contributed by atoms with E-state index >= 15 is 0 Å². The van der Waals surface area contributed by atoms with Crippen LogP contribution in [0.5, 0.6) is 0 Å². The van der Waals surface area contributed by atoms with Crippen molar-refractivity contribution in [1.29, 1.82) is 0 Å². The molecule has 0 fully saturated rings. The van der Waals surface area contributed by atoms with Crippen LogP contribution in [0.3, 0.4) is 0 Å². The molecule has 3 heterocycles. The maximum absolute atomic E-state index is 13.1. The number of methoxy groups -OCH3 is 1. The summed E-state index contributed by atoms with van der Waals surface area (Å²) in [6.07, 6.45) is 0. The molecule has 4 rings (SSSR count). The zero-order valence-electron chi connectivity index (χ0n) is 15.3. The lowest BCUT2D eigenvalue weighted by Gasteiger charge is -2.23. The molecule has 1 aliphatic rings. The van der Waals surface area contributed by atoms with Crippen molar-refractivity contribution in [1.82, 2.24) is 15.3 Å². The summed E-state index contributed by atoms with van der Waals surface area (Å²) in [6.45, 7) is -0.307. The van der Waals surface area contributed by atoms with Crippen LogP contribution in [0.1, 0.15) is 22.0 Å². The van der Waals surface area contributed by atoms with Gasteiger partial charge in [0.1, 0.15) is 23.6 Å². The van der Waals surface area contributed by atoms with Crippen molar-refractivity contribution in [3.8, 4) is 0 Å². The number of benzene rings is 1. The molecule has 1 aromatic carbocycles. The van der Waals surface area contributed by atoms with Gasteiger partial charge in [0.15, 0.2) is 5.65 Å². The van der Waals surface area contributed by atoms with Gasteiger partial charge in [0.2, 0.25) is 5.91 Å². The van der Waals surface area contributed by atoms with E-state index in [0.717, 1.165) is 5.39 Å². The van der Waals surface area contributed by atoms with Gasteiger partial charge >= 0.3 is 5.97 Å². The van der Waals surface area contributed by atoms with E-state index in [0.29, 0.717) is 16.8 Å². The van der Waals surface area contributed by atoms with Crippen LogP contribution in [-0.4, -0.2) is 41.4 Å². The fourth-order valence-corrected chi connectivity index (χ4v) is 3.38. The van der Waals surface area contributed by atoms with Gasteiger partial charge in [-0.05, 0) is 35.9 Å². The van der Waals surface area contributed by atoms with Crippen LogP contribution in [0.4, 0.5) is 5.82 Å². The van der Waals surface area contributed by atoms with E-state index in [-0.39, 0.29) is 23.4 Å². The van der Waals surface area contributed by atoms with Gasteiger partial charge in [0, 0.05) is 10.9 Å². The average molecular weight is 411 g/mol. The van der Waals surface area contributed by atoms with Crippen molar-refractivity contribution in [3.63, 3.8) is 0 Å². The largest absolute Gasteiger partial charge is 0.468 e. The number of rotatable bonds is 4. The number of amides is 2. The predicted molar refractivity (Wildman–Crippen MR) is 106 cm³/mol. The Bertz CT molecular complexity index is 1150. The molecule has 1 aliphatic heterocycles. The minimum Gasteiger partial charge on any atom is -0.468 e. The highest BCUT2D eigenvalue weighted by molar-refractivity contribution is 6.29. The van der Waals surface area contributed by atoms with Crippen LogP contribution in [0.2, 0.25) is 5.15 Å². The first-order valence-electron chi connectivity index (χ1n) is 8.70. The Kier molecular flexibility index (Phi) is 4.85. The topological polar surface area (TPSA) is 101 Å². The van der Waals surface area contributed by atoms with Gasteiger partial charge in [-0.3, -0.25) is 19.3 Å². The summed E-state index contributed by atoms with van der Waals surface area (Å²) in [5.74, 6) is -1.22. The van der Waals surface area contributed by atoms with E-state index < -0.39 is 17.9 Å². The highest BCUT2D eigenvalue weighted by Crippen LogP contribution is 2.37. The number of fused-ring (bicyclic) bond motifs is 2. The van der Waals surface area contributed by atoms with Crippen LogP contribution in [0, 0.1) is 0 Å². The number of carbonyl (C=O) groups is 3. The quantitative estimate of drug-likeness (QED) is 0.523. The average Bonchev–Trinajstić information content (AvgIpc) is 3.04. The summed E-state index contributed by atoms with van der Waals surface area (Å²) in [5, 5.41) is 3.52. The fourth-order valence-electron chi connectivity index (χ4n) is 3.24. The van der Waals surface area contributed by atoms with Crippen molar-refractivity contribution in [2.45, 2.75) is 6.04 Å². The van der Waals surface area contributed by atoms with E-state index in [9.17, 15) is 14.4 Å². The van der Waals surface area contributed by atoms with Gasteiger partial charge < -0.3 is 10.1 Å². The smallest absolute Gasteiger partial charge is 0.325 e. The van der Waals surface area contributed by atoms with Crippen LogP contribution in [-0.2, 0) is 14.3 Å². The molecule has 0 saturated heterocycles. The SMILES string of the molecule is COC(=O)CNC(=O)C1c2ccccc2C(=O)N1c1ccc2ccc(Cl)nc2n1. The Morgan fingerprint density at radius 1 is 1.14 bits per heavy atom. The molecule has 9 heteroatoms. The summed E-state index contributed by atoms with van der Waals surface area (Å²) < 4.78 is 4.56. The number of halogens is 1. The number of nitrogens with zero attached hydrogens (tertiary/aromatic N) is 3. The van der Waals surface area contributed by atoms with Gasteiger partial charge in [-0.2, -0.15) is 0 Å². The first kappa shape index (κ1) is 18.8. The zero-order chi connectivity index (χ0) is 20.5. The van der Waals surface area contributed by atoms with Crippen molar-refractivity contribution in [2.75, 3.05) is 18.6 Å². The van der Waals surface area contributed by atoms with E-state index in [1.54, 1.807) is 48.5 Å². The summed E-state index contributed by atoms with van der Waals surface area (Å²) in [5.41, 5.74) is 1.28. The molecule has 1 unspecified atom stereocenters. The van der Waals surface area contributed by atoms with Crippen molar-refractivity contribution < 1.29 is 19.1 Å². The van der Waals surface area contributed by atoms with Crippen LogP contribution >= 0.6 is 11.6 Å². The lowest BCUT2D eigenvalue weighted by molar-refractivity contribution is -0.141. The molecule has 0 spiro atoms. The summed E-state index contributed by atoms with van der Waals surface area (Å²) >= 11 is 5.96. The Hall–Kier alpha value is -3.52. The van der Waals surface area contributed by atoms with Crippen molar-refractivity contribution in [2.24, 2.45) is 0 Å². The minimum absolute atomic E-state index is 0.256. The second kappa shape index (κ2) is 7.48. The second-order valence-corrected chi connectivity index (χ2v) is 6.70. The molecular formula is C20H15ClN4O4. The van der Waals surface area contributed by atoms with Crippen LogP contribution < -0.4 is 10.2 Å². The number of nitrogens with one attached hydrogen (secondary N) is 1. The highest BCUT2D eigenvalue weighted by atomic mass is 35.5. The molecular weight excluding hydrogens is 396 g/mol. The molecule has 3 aromatic rings. The number of carbonyl (C=O) groups excluding carboxylic acids is 3. The molecule has 0 radical (unpaired) electrons.